The number of Topliss-reactive ketones (excluding diaryl/α,β-unsaturated/α-hetero) is 2. The van der Waals surface area contributed by atoms with Gasteiger partial charge in [-0.15, -0.1) is 0 Å². The number of benzene rings is 2. The van der Waals surface area contributed by atoms with Crippen molar-refractivity contribution in [1.82, 2.24) is 0 Å². The Labute approximate surface area is 141 Å². The Morgan fingerprint density at radius 1 is 0.708 bits per heavy atom. The Morgan fingerprint density at radius 3 is 1.42 bits per heavy atom. The summed E-state index contributed by atoms with van der Waals surface area (Å²) in [4.78, 5) is 26.5. The first-order chi connectivity index (χ1) is 11.3. The van der Waals surface area contributed by atoms with E-state index in [1.165, 1.54) is 0 Å². The normalized spacial score (nSPS) is 27.5. The van der Waals surface area contributed by atoms with Crippen LogP contribution >= 0.6 is 0 Å². The largest absolute Gasteiger partial charge is 0.370 e. The van der Waals surface area contributed by atoms with Gasteiger partial charge >= 0.3 is 0 Å². The van der Waals surface area contributed by atoms with Gasteiger partial charge in [0.25, 0.3) is 0 Å². The second kappa shape index (κ2) is 4.47. The molecule has 2 heterocycles. The molecule has 0 saturated heterocycles. The van der Waals surface area contributed by atoms with Gasteiger partial charge in [-0.2, -0.15) is 0 Å². The van der Waals surface area contributed by atoms with Gasteiger partial charge < -0.3 is 10.6 Å². The highest BCUT2D eigenvalue weighted by atomic mass is 16.1. The molecule has 2 aromatic rings. The van der Waals surface area contributed by atoms with Gasteiger partial charge in [-0.1, -0.05) is 24.3 Å². The van der Waals surface area contributed by atoms with Crippen LogP contribution in [0.4, 0.5) is 11.4 Å². The number of anilines is 2. The van der Waals surface area contributed by atoms with Crippen LogP contribution < -0.4 is 10.6 Å². The standard InChI is InChI=1S/C20H20N2O2/c1-11-7-5-9-13-15(11)17(23)19(3,21-13)20(4)18(24)16-12(2)8-6-10-14(16)22-20/h5-10,21-22H,1-4H3/t19-,20-/m0/s1. The van der Waals surface area contributed by atoms with Crippen LogP contribution in [0.5, 0.6) is 0 Å². The number of hydrogen-bond donors (Lipinski definition) is 2. The molecule has 0 aliphatic carbocycles. The van der Waals surface area contributed by atoms with Gasteiger partial charge in [-0.25, -0.2) is 0 Å². The molecule has 0 aromatic heterocycles. The van der Waals surface area contributed by atoms with E-state index in [-0.39, 0.29) is 11.6 Å². The lowest BCUT2D eigenvalue weighted by Gasteiger charge is -2.39. The number of carbonyl (C=O) groups excluding carboxylic acids is 2. The van der Waals surface area contributed by atoms with E-state index in [1.807, 2.05) is 64.1 Å². The molecule has 0 radical (unpaired) electrons. The van der Waals surface area contributed by atoms with Crippen molar-refractivity contribution in [2.24, 2.45) is 0 Å². The zero-order valence-electron chi connectivity index (χ0n) is 14.3. The van der Waals surface area contributed by atoms with Crippen molar-refractivity contribution in [3.05, 3.63) is 58.7 Å². The van der Waals surface area contributed by atoms with Crippen LogP contribution in [0.25, 0.3) is 0 Å². The number of fused-ring (bicyclic) bond motifs is 2. The van der Waals surface area contributed by atoms with Crippen LogP contribution in [0.2, 0.25) is 0 Å². The van der Waals surface area contributed by atoms with E-state index in [4.69, 9.17) is 0 Å². The highest BCUT2D eigenvalue weighted by molar-refractivity contribution is 6.24. The Bertz CT molecular complexity index is 842. The van der Waals surface area contributed by atoms with Gasteiger partial charge in [-0.05, 0) is 51.0 Å². The van der Waals surface area contributed by atoms with Gasteiger partial charge in [-0.3, -0.25) is 9.59 Å². The minimum absolute atomic E-state index is 0.0376. The van der Waals surface area contributed by atoms with Crippen molar-refractivity contribution >= 4 is 22.9 Å². The van der Waals surface area contributed by atoms with E-state index in [1.54, 1.807) is 0 Å². The van der Waals surface area contributed by atoms with E-state index < -0.39 is 11.1 Å². The zero-order valence-corrected chi connectivity index (χ0v) is 14.3. The van der Waals surface area contributed by atoms with Gasteiger partial charge in [0, 0.05) is 22.5 Å². The lowest BCUT2D eigenvalue weighted by Crippen LogP contribution is -2.64. The summed E-state index contributed by atoms with van der Waals surface area (Å²) >= 11 is 0. The average molecular weight is 320 g/mol. The SMILES string of the molecule is Cc1cccc2c1C(=O)[C@@](C)([C@@]1(C)Nc3cccc(C)c3C1=O)N2. The predicted molar refractivity (Wildman–Crippen MR) is 95.1 cm³/mol. The van der Waals surface area contributed by atoms with Crippen LogP contribution in [-0.4, -0.2) is 22.6 Å². The maximum atomic E-state index is 13.3. The molecule has 122 valence electrons. The van der Waals surface area contributed by atoms with Crippen LogP contribution in [0, 0.1) is 13.8 Å². The Balaban J connectivity index is 1.86. The molecule has 2 atom stereocenters. The maximum absolute atomic E-state index is 13.3. The first-order valence-electron chi connectivity index (χ1n) is 8.15. The third-order valence-electron chi connectivity index (χ3n) is 5.68. The highest BCUT2D eigenvalue weighted by Gasteiger charge is 2.61. The van der Waals surface area contributed by atoms with E-state index >= 15 is 0 Å². The van der Waals surface area contributed by atoms with Crippen molar-refractivity contribution in [2.75, 3.05) is 10.6 Å². The molecule has 0 bridgehead atoms. The minimum atomic E-state index is -1.04. The van der Waals surface area contributed by atoms with Gasteiger partial charge in [0.05, 0.1) is 0 Å². The number of nitrogens with one attached hydrogen (secondary N) is 2. The van der Waals surface area contributed by atoms with Crippen LogP contribution in [-0.2, 0) is 0 Å². The van der Waals surface area contributed by atoms with Crippen molar-refractivity contribution in [3.8, 4) is 0 Å². The van der Waals surface area contributed by atoms with E-state index in [0.717, 1.165) is 22.5 Å². The molecule has 0 unspecified atom stereocenters. The molecule has 24 heavy (non-hydrogen) atoms. The molecular formula is C20H20N2O2. The lowest BCUT2D eigenvalue weighted by molar-refractivity contribution is 0.0781. The Hall–Kier alpha value is -2.62. The highest BCUT2D eigenvalue weighted by Crippen LogP contribution is 2.46. The van der Waals surface area contributed by atoms with Crippen LogP contribution in [0.15, 0.2) is 36.4 Å². The minimum Gasteiger partial charge on any atom is -0.370 e. The van der Waals surface area contributed by atoms with Crippen LogP contribution in [0.3, 0.4) is 0 Å². The molecule has 2 N–H and O–H groups in total. The van der Waals surface area contributed by atoms with Gasteiger partial charge in [0.1, 0.15) is 11.1 Å². The third kappa shape index (κ3) is 1.58. The quantitative estimate of drug-likeness (QED) is 0.840. The molecule has 0 amide bonds. The number of carbonyl (C=O) groups is 2. The monoisotopic (exact) mass is 320 g/mol. The van der Waals surface area contributed by atoms with E-state index in [0.29, 0.717) is 11.1 Å². The summed E-state index contributed by atoms with van der Waals surface area (Å²) in [6, 6.07) is 11.5. The fourth-order valence-corrected chi connectivity index (χ4v) is 4.00. The topological polar surface area (TPSA) is 58.2 Å². The summed E-state index contributed by atoms with van der Waals surface area (Å²) in [5, 5.41) is 6.67. The summed E-state index contributed by atoms with van der Waals surface area (Å²) in [6.07, 6.45) is 0. The van der Waals surface area contributed by atoms with Crippen molar-refractivity contribution in [3.63, 3.8) is 0 Å². The molecule has 2 aliphatic heterocycles. The van der Waals surface area contributed by atoms with E-state index in [2.05, 4.69) is 10.6 Å². The summed E-state index contributed by atoms with van der Waals surface area (Å²) in [6.45, 7) is 7.49. The molecule has 2 aromatic carbocycles. The number of rotatable bonds is 1. The van der Waals surface area contributed by atoms with Crippen LogP contribution in [0.1, 0.15) is 45.7 Å². The molecule has 4 nitrogen and oxygen atoms in total. The summed E-state index contributed by atoms with van der Waals surface area (Å²) in [7, 11) is 0. The van der Waals surface area contributed by atoms with Crippen molar-refractivity contribution in [2.45, 2.75) is 38.8 Å². The molecule has 0 fully saturated rings. The fraction of sp³-hybridized carbons (Fsp3) is 0.300. The Kier molecular flexibility index (Phi) is 2.78. The molecule has 2 aliphatic rings. The second-order valence-corrected chi connectivity index (χ2v) is 7.15. The fourth-order valence-electron chi connectivity index (χ4n) is 4.00. The number of hydrogen-bond acceptors (Lipinski definition) is 4. The smallest absolute Gasteiger partial charge is 0.193 e. The molecule has 4 rings (SSSR count). The molecular weight excluding hydrogens is 300 g/mol. The predicted octanol–water partition coefficient (Wildman–Crippen LogP) is 3.74. The average Bonchev–Trinajstić information content (AvgIpc) is 2.95. The van der Waals surface area contributed by atoms with Gasteiger partial charge in [0.15, 0.2) is 11.6 Å². The van der Waals surface area contributed by atoms with E-state index in [9.17, 15) is 9.59 Å². The molecule has 0 spiro atoms. The lowest BCUT2D eigenvalue weighted by atomic mass is 9.73. The summed E-state index contributed by atoms with van der Waals surface area (Å²) in [5.74, 6) is -0.0752. The number of aryl methyl sites for hydroxylation is 2. The molecule has 0 saturated carbocycles. The van der Waals surface area contributed by atoms with Gasteiger partial charge in [0.2, 0.25) is 0 Å². The van der Waals surface area contributed by atoms with Crippen molar-refractivity contribution in [1.29, 1.82) is 0 Å². The summed E-state index contributed by atoms with van der Waals surface area (Å²) in [5.41, 5.74) is 2.74. The molecule has 4 heteroatoms. The first-order valence-corrected chi connectivity index (χ1v) is 8.15. The first kappa shape index (κ1) is 14.9. The van der Waals surface area contributed by atoms with Crippen molar-refractivity contribution < 1.29 is 9.59 Å². The maximum Gasteiger partial charge on any atom is 0.193 e. The zero-order chi connectivity index (χ0) is 17.3. The second-order valence-electron chi connectivity index (χ2n) is 7.15. The number of ketones is 2. The Morgan fingerprint density at radius 2 is 1.08 bits per heavy atom. The third-order valence-corrected chi connectivity index (χ3v) is 5.68. The summed E-state index contributed by atoms with van der Waals surface area (Å²) < 4.78 is 0.